The monoisotopic (exact) mass is 307 g/mol. The van der Waals surface area contributed by atoms with Crippen LogP contribution < -0.4 is 0 Å². The molecule has 2 aromatic heterocycles. The molecule has 0 unspecified atom stereocenters. The standard InChI is InChI=1S/C18H17N3O2/c1-3-23-18(22)16-13(2)17(14-9-11-19-12-10-14)21(20-16)15-7-5-4-6-8-15/h4-12H,3H2,1-2H3. The average Bonchev–Trinajstić information content (AvgIpc) is 2.94. The SMILES string of the molecule is CCOC(=O)c1nn(-c2ccccc2)c(-c2ccncc2)c1C. The number of carbonyl (C=O) groups excluding carboxylic acids is 1. The highest BCUT2D eigenvalue weighted by atomic mass is 16.5. The normalized spacial score (nSPS) is 10.5. The first kappa shape index (κ1) is 15.0. The van der Waals surface area contributed by atoms with Crippen molar-refractivity contribution in [2.75, 3.05) is 6.61 Å². The molecule has 0 fully saturated rings. The lowest BCUT2D eigenvalue weighted by atomic mass is 10.1. The van der Waals surface area contributed by atoms with Crippen LogP contribution in [0.3, 0.4) is 0 Å². The van der Waals surface area contributed by atoms with E-state index in [0.717, 1.165) is 22.5 Å². The van der Waals surface area contributed by atoms with Crippen LogP contribution in [0.25, 0.3) is 16.9 Å². The highest BCUT2D eigenvalue weighted by Crippen LogP contribution is 2.28. The Morgan fingerprint density at radius 1 is 1.13 bits per heavy atom. The van der Waals surface area contributed by atoms with Crippen molar-refractivity contribution in [3.63, 3.8) is 0 Å². The molecule has 0 radical (unpaired) electrons. The molecule has 5 nitrogen and oxygen atoms in total. The lowest BCUT2D eigenvalue weighted by Gasteiger charge is -2.08. The zero-order valence-corrected chi connectivity index (χ0v) is 13.1. The van der Waals surface area contributed by atoms with Crippen molar-refractivity contribution >= 4 is 5.97 Å². The number of hydrogen-bond donors (Lipinski definition) is 0. The van der Waals surface area contributed by atoms with Crippen LogP contribution >= 0.6 is 0 Å². The molecule has 2 heterocycles. The molecule has 0 saturated carbocycles. The van der Waals surface area contributed by atoms with Gasteiger partial charge in [-0.15, -0.1) is 0 Å². The Labute approximate surface area is 134 Å². The van der Waals surface area contributed by atoms with Crippen LogP contribution in [0.5, 0.6) is 0 Å². The molecule has 0 amide bonds. The minimum atomic E-state index is -0.407. The largest absolute Gasteiger partial charge is 0.461 e. The smallest absolute Gasteiger partial charge is 0.359 e. The summed E-state index contributed by atoms with van der Waals surface area (Å²) in [7, 11) is 0. The minimum absolute atomic E-state index is 0.320. The fourth-order valence-electron chi connectivity index (χ4n) is 2.49. The molecule has 0 spiro atoms. The van der Waals surface area contributed by atoms with Crippen molar-refractivity contribution < 1.29 is 9.53 Å². The van der Waals surface area contributed by atoms with Crippen LogP contribution in [-0.2, 0) is 4.74 Å². The maximum Gasteiger partial charge on any atom is 0.359 e. The number of rotatable bonds is 4. The lowest BCUT2D eigenvalue weighted by Crippen LogP contribution is -2.07. The Morgan fingerprint density at radius 3 is 2.48 bits per heavy atom. The number of para-hydroxylation sites is 1. The molecule has 3 aromatic rings. The first-order valence-corrected chi connectivity index (χ1v) is 7.45. The van der Waals surface area contributed by atoms with Crippen LogP contribution in [0, 0.1) is 6.92 Å². The van der Waals surface area contributed by atoms with Crippen molar-refractivity contribution in [3.05, 3.63) is 66.1 Å². The summed E-state index contributed by atoms with van der Waals surface area (Å²) in [6.45, 7) is 3.99. The quantitative estimate of drug-likeness (QED) is 0.693. The third-order valence-electron chi connectivity index (χ3n) is 3.55. The van der Waals surface area contributed by atoms with Crippen LogP contribution in [0.2, 0.25) is 0 Å². The van der Waals surface area contributed by atoms with Crippen molar-refractivity contribution in [1.82, 2.24) is 14.8 Å². The Kier molecular flexibility index (Phi) is 4.19. The zero-order valence-electron chi connectivity index (χ0n) is 13.1. The number of ether oxygens (including phenoxy) is 1. The van der Waals surface area contributed by atoms with Gasteiger partial charge in [-0.25, -0.2) is 9.48 Å². The van der Waals surface area contributed by atoms with Crippen LogP contribution in [0.4, 0.5) is 0 Å². The molecule has 1 aromatic carbocycles. The number of esters is 1. The van der Waals surface area contributed by atoms with Crippen LogP contribution in [0.15, 0.2) is 54.9 Å². The second kappa shape index (κ2) is 6.44. The summed E-state index contributed by atoms with van der Waals surface area (Å²) in [6.07, 6.45) is 3.45. The van der Waals surface area contributed by atoms with Gasteiger partial charge in [0.1, 0.15) is 0 Å². The maximum atomic E-state index is 12.2. The first-order chi connectivity index (χ1) is 11.2. The molecular weight excluding hydrogens is 290 g/mol. The molecule has 0 bridgehead atoms. The molecule has 5 heteroatoms. The van der Waals surface area contributed by atoms with E-state index in [4.69, 9.17) is 4.74 Å². The molecule has 0 aliphatic carbocycles. The summed E-state index contributed by atoms with van der Waals surface area (Å²) in [5.41, 5.74) is 3.82. The van der Waals surface area contributed by atoms with Gasteiger partial charge in [-0.2, -0.15) is 5.10 Å². The summed E-state index contributed by atoms with van der Waals surface area (Å²) < 4.78 is 6.90. The predicted octanol–water partition coefficient (Wildman–Crippen LogP) is 3.42. The Bertz CT molecular complexity index is 811. The van der Waals surface area contributed by atoms with Crippen molar-refractivity contribution in [2.24, 2.45) is 0 Å². The van der Waals surface area contributed by atoms with Crippen molar-refractivity contribution in [2.45, 2.75) is 13.8 Å². The number of carbonyl (C=O) groups is 1. The Morgan fingerprint density at radius 2 is 1.83 bits per heavy atom. The van der Waals surface area contributed by atoms with E-state index in [-0.39, 0.29) is 0 Å². The first-order valence-electron chi connectivity index (χ1n) is 7.45. The van der Waals surface area contributed by atoms with Gasteiger partial charge < -0.3 is 4.74 Å². The molecule has 0 saturated heterocycles. The fraction of sp³-hybridized carbons (Fsp3) is 0.167. The van der Waals surface area contributed by atoms with E-state index in [0.29, 0.717) is 12.3 Å². The summed E-state index contributed by atoms with van der Waals surface area (Å²) in [5, 5.41) is 4.50. The van der Waals surface area contributed by atoms with Gasteiger partial charge in [-0.1, -0.05) is 18.2 Å². The lowest BCUT2D eigenvalue weighted by molar-refractivity contribution is 0.0518. The van der Waals surface area contributed by atoms with Gasteiger partial charge >= 0.3 is 5.97 Å². The maximum absolute atomic E-state index is 12.2. The van der Waals surface area contributed by atoms with Gasteiger partial charge in [0.15, 0.2) is 5.69 Å². The molecule has 116 valence electrons. The molecule has 0 atom stereocenters. The van der Waals surface area contributed by atoms with Gasteiger partial charge in [0.2, 0.25) is 0 Å². The van der Waals surface area contributed by atoms with E-state index in [9.17, 15) is 4.79 Å². The third-order valence-corrected chi connectivity index (χ3v) is 3.55. The molecule has 23 heavy (non-hydrogen) atoms. The number of benzene rings is 1. The molecule has 0 aliphatic heterocycles. The average molecular weight is 307 g/mol. The summed E-state index contributed by atoms with van der Waals surface area (Å²) in [5.74, 6) is -0.407. The molecule has 0 N–H and O–H groups in total. The van der Waals surface area contributed by atoms with E-state index >= 15 is 0 Å². The summed E-state index contributed by atoms with van der Waals surface area (Å²) in [4.78, 5) is 16.2. The van der Waals surface area contributed by atoms with E-state index in [1.807, 2.05) is 49.4 Å². The summed E-state index contributed by atoms with van der Waals surface area (Å²) in [6, 6.07) is 13.5. The molecular formula is C18H17N3O2. The zero-order chi connectivity index (χ0) is 16.2. The second-order valence-corrected chi connectivity index (χ2v) is 5.03. The van der Waals surface area contributed by atoms with Crippen LogP contribution in [-0.4, -0.2) is 27.3 Å². The highest BCUT2D eigenvalue weighted by molar-refractivity contribution is 5.91. The van der Waals surface area contributed by atoms with Gasteiger partial charge in [0.25, 0.3) is 0 Å². The number of aromatic nitrogens is 3. The van der Waals surface area contributed by atoms with Gasteiger partial charge in [0.05, 0.1) is 18.0 Å². The van der Waals surface area contributed by atoms with Gasteiger partial charge in [-0.05, 0) is 38.1 Å². The summed E-state index contributed by atoms with van der Waals surface area (Å²) >= 11 is 0. The third kappa shape index (κ3) is 2.85. The minimum Gasteiger partial charge on any atom is -0.461 e. The van der Waals surface area contributed by atoms with Gasteiger partial charge in [-0.3, -0.25) is 4.98 Å². The van der Waals surface area contributed by atoms with E-state index in [1.54, 1.807) is 24.0 Å². The topological polar surface area (TPSA) is 57.0 Å². The molecule has 3 rings (SSSR count). The van der Waals surface area contributed by atoms with E-state index < -0.39 is 5.97 Å². The predicted molar refractivity (Wildman–Crippen MR) is 87.5 cm³/mol. The van der Waals surface area contributed by atoms with Crippen molar-refractivity contribution in [1.29, 1.82) is 0 Å². The fourth-order valence-corrected chi connectivity index (χ4v) is 2.49. The number of hydrogen-bond acceptors (Lipinski definition) is 4. The Balaban J connectivity index is 2.21. The number of nitrogens with zero attached hydrogens (tertiary/aromatic N) is 3. The van der Waals surface area contributed by atoms with Crippen molar-refractivity contribution in [3.8, 4) is 16.9 Å². The van der Waals surface area contributed by atoms with E-state index in [1.165, 1.54) is 0 Å². The second-order valence-electron chi connectivity index (χ2n) is 5.03. The number of pyridine rings is 1. The van der Waals surface area contributed by atoms with E-state index in [2.05, 4.69) is 10.1 Å². The Hall–Kier alpha value is -2.95. The van der Waals surface area contributed by atoms with Crippen LogP contribution in [0.1, 0.15) is 23.0 Å². The van der Waals surface area contributed by atoms with Gasteiger partial charge in [0, 0.05) is 23.5 Å². The highest BCUT2D eigenvalue weighted by Gasteiger charge is 2.22. The molecule has 0 aliphatic rings.